The van der Waals surface area contributed by atoms with Crippen molar-refractivity contribution in [2.75, 3.05) is 17.2 Å². The third-order valence-electron chi connectivity index (χ3n) is 9.32. The first kappa shape index (κ1) is 28.3. The number of aryl methyl sites for hydroxylation is 1. The second-order valence-electron chi connectivity index (χ2n) is 12.3. The van der Waals surface area contributed by atoms with Crippen LogP contribution in [0, 0.1) is 30.1 Å². The number of nitrogens with one attached hydrogen (secondary N) is 3. The summed E-state index contributed by atoms with van der Waals surface area (Å²) in [4.78, 5) is 21.0. The van der Waals surface area contributed by atoms with Crippen LogP contribution >= 0.6 is 0 Å². The van der Waals surface area contributed by atoms with E-state index in [0.717, 1.165) is 55.0 Å². The summed E-state index contributed by atoms with van der Waals surface area (Å²) >= 11 is 0. The Morgan fingerprint density at radius 1 is 1.00 bits per heavy atom. The molecule has 42 heavy (non-hydrogen) atoms. The molecule has 4 aliphatic carbocycles. The lowest BCUT2D eigenvalue weighted by atomic mass is 9.48. The molecule has 2 unspecified atom stereocenters. The first-order valence-electron chi connectivity index (χ1n) is 14.6. The fourth-order valence-electron chi connectivity index (χ4n) is 7.61. The monoisotopic (exact) mass is 579 g/mol. The zero-order valence-electron chi connectivity index (χ0n) is 23.6. The van der Waals surface area contributed by atoms with Crippen LogP contribution < -0.4 is 16.0 Å². The number of rotatable bonds is 9. The lowest BCUT2D eigenvalue weighted by Crippen LogP contribution is -2.60. The molecule has 1 amide bonds. The van der Waals surface area contributed by atoms with E-state index in [9.17, 15) is 18.0 Å². The number of hydrogen-bond acceptors (Lipinski definition) is 6. The van der Waals surface area contributed by atoms with E-state index in [-0.39, 0.29) is 42.5 Å². The Morgan fingerprint density at radius 3 is 2.43 bits per heavy atom. The number of alkyl carbamates (subject to hydrolysis) is 1. The number of alkyl halides is 3. The standard InChI is InChI=1S/C32H36F3N5O2/c1-20-7-5-6-10-23(20)16-36-28-26(32(33,34)35)17-37-29(40-28)38-19-31-13-22-11-24(14-31)27(25(12-22)15-31)39-30(41)42-18-21-8-3-2-4-9-21/h2-10,17,22,24-25,27H,11-16,18-19H2,1H3,(H,39,41)(H2,36,37,38,40). The van der Waals surface area contributed by atoms with Crippen LogP contribution in [0.25, 0.3) is 0 Å². The van der Waals surface area contributed by atoms with Crippen molar-refractivity contribution in [2.45, 2.75) is 64.4 Å². The maximum Gasteiger partial charge on any atom is 0.421 e. The number of carbonyl (C=O) groups excluding carboxylic acids is 1. The van der Waals surface area contributed by atoms with E-state index in [4.69, 9.17) is 4.74 Å². The first-order chi connectivity index (χ1) is 20.2. The maximum absolute atomic E-state index is 13.8. The van der Waals surface area contributed by atoms with E-state index in [1.807, 2.05) is 61.5 Å². The Balaban J connectivity index is 1.09. The van der Waals surface area contributed by atoms with Gasteiger partial charge in [0, 0.05) is 25.3 Å². The molecule has 7 nitrogen and oxygen atoms in total. The number of halogens is 3. The fraction of sp³-hybridized carbons (Fsp3) is 0.469. The van der Waals surface area contributed by atoms with Crippen LogP contribution in [0.5, 0.6) is 0 Å². The molecule has 222 valence electrons. The second-order valence-corrected chi connectivity index (χ2v) is 12.3. The molecule has 4 bridgehead atoms. The van der Waals surface area contributed by atoms with Crippen LogP contribution in [0.1, 0.15) is 54.4 Å². The molecule has 2 aromatic carbocycles. The molecule has 0 saturated heterocycles. The summed E-state index contributed by atoms with van der Waals surface area (Å²) < 4.78 is 46.8. The zero-order valence-corrected chi connectivity index (χ0v) is 23.6. The molecule has 4 saturated carbocycles. The summed E-state index contributed by atoms with van der Waals surface area (Å²) in [6, 6.07) is 17.3. The van der Waals surface area contributed by atoms with Gasteiger partial charge in [0.05, 0.1) is 0 Å². The summed E-state index contributed by atoms with van der Waals surface area (Å²) in [6.07, 6.45) is 1.000. The van der Waals surface area contributed by atoms with Crippen LogP contribution in [-0.4, -0.2) is 28.6 Å². The van der Waals surface area contributed by atoms with Gasteiger partial charge in [0.2, 0.25) is 5.95 Å². The zero-order chi connectivity index (χ0) is 29.3. The Kier molecular flexibility index (Phi) is 7.72. The van der Waals surface area contributed by atoms with Gasteiger partial charge in [-0.05, 0) is 78.9 Å². The number of nitrogens with zero attached hydrogens (tertiary/aromatic N) is 2. The Morgan fingerprint density at radius 2 is 1.71 bits per heavy atom. The van der Waals surface area contributed by atoms with E-state index in [0.29, 0.717) is 24.3 Å². The summed E-state index contributed by atoms with van der Waals surface area (Å²) in [5.74, 6) is 1.24. The molecule has 2 atom stereocenters. The molecule has 1 heterocycles. The van der Waals surface area contributed by atoms with Gasteiger partial charge in [-0.3, -0.25) is 0 Å². The minimum atomic E-state index is -4.57. The minimum absolute atomic E-state index is 0.00340. The number of carbonyl (C=O) groups is 1. The smallest absolute Gasteiger partial charge is 0.421 e. The molecular formula is C32H36F3N5O2. The van der Waals surface area contributed by atoms with E-state index in [1.54, 1.807) is 0 Å². The molecule has 7 rings (SSSR count). The van der Waals surface area contributed by atoms with Gasteiger partial charge >= 0.3 is 12.3 Å². The topological polar surface area (TPSA) is 88.2 Å². The van der Waals surface area contributed by atoms with E-state index in [1.165, 1.54) is 0 Å². The number of ether oxygens (including phenoxy) is 1. The van der Waals surface area contributed by atoms with Gasteiger partial charge in [0.15, 0.2) is 0 Å². The molecule has 1 aromatic heterocycles. The van der Waals surface area contributed by atoms with Crippen molar-refractivity contribution in [1.29, 1.82) is 0 Å². The molecule has 4 fully saturated rings. The fourth-order valence-corrected chi connectivity index (χ4v) is 7.61. The Labute approximate surface area is 243 Å². The van der Waals surface area contributed by atoms with Gasteiger partial charge in [-0.1, -0.05) is 54.6 Å². The molecule has 4 aliphatic rings. The highest BCUT2D eigenvalue weighted by Gasteiger charge is 2.55. The van der Waals surface area contributed by atoms with Crippen molar-refractivity contribution in [2.24, 2.45) is 23.2 Å². The van der Waals surface area contributed by atoms with E-state index >= 15 is 0 Å². The average molecular weight is 580 g/mol. The van der Waals surface area contributed by atoms with Gasteiger partial charge in [0.1, 0.15) is 18.0 Å². The van der Waals surface area contributed by atoms with Gasteiger partial charge in [-0.2, -0.15) is 18.2 Å². The highest BCUT2D eigenvalue weighted by atomic mass is 19.4. The highest BCUT2D eigenvalue weighted by Crippen LogP contribution is 2.60. The lowest BCUT2D eigenvalue weighted by Gasteiger charge is -2.60. The lowest BCUT2D eigenvalue weighted by molar-refractivity contribution is -0.137. The Hall–Kier alpha value is -3.82. The predicted octanol–water partition coefficient (Wildman–Crippen LogP) is 6.95. The molecular weight excluding hydrogens is 543 g/mol. The van der Waals surface area contributed by atoms with Crippen LogP contribution in [0.3, 0.4) is 0 Å². The number of amides is 1. The van der Waals surface area contributed by atoms with Gasteiger partial charge < -0.3 is 20.7 Å². The normalized spacial score (nSPS) is 26.1. The maximum atomic E-state index is 13.8. The van der Waals surface area contributed by atoms with Gasteiger partial charge in [-0.15, -0.1) is 0 Å². The van der Waals surface area contributed by atoms with E-state index in [2.05, 4.69) is 25.9 Å². The average Bonchev–Trinajstić information content (AvgIpc) is 2.96. The van der Waals surface area contributed by atoms with Crippen LogP contribution in [0.2, 0.25) is 0 Å². The van der Waals surface area contributed by atoms with Crippen molar-refractivity contribution < 1.29 is 22.7 Å². The molecule has 3 N–H and O–H groups in total. The number of anilines is 2. The summed E-state index contributed by atoms with van der Waals surface area (Å²) in [6.45, 7) is 2.97. The van der Waals surface area contributed by atoms with Crippen LogP contribution in [0.4, 0.5) is 29.7 Å². The SMILES string of the molecule is Cc1ccccc1CNc1nc(NCC23CC4CC(C2)C(NC(=O)OCc2ccccc2)C(C4)C3)ncc1C(F)(F)F. The molecule has 3 aromatic rings. The summed E-state index contributed by atoms with van der Waals surface area (Å²) in [5.41, 5.74) is 1.96. The summed E-state index contributed by atoms with van der Waals surface area (Å²) in [7, 11) is 0. The Bertz CT molecular complexity index is 1400. The summed E-state index contributed by atoms with van der Waals surface area (Å²) in [5, 5.41) is 9.34. The third kappa shape index (κ3) is 6.17. The third-order valence-corrected chi connectivity index (χ3v) is 9.32. The molecule has 0 aliphatic heterocycles. The van der Waals surface area contributed by atoms with Gasteiger partial charge in [-0.25, -0.2) is 9.78 Å². The highest BCUT2D eigenvalue weighted by molar-refractivity contribution is 5.67. The first-order valence-corrected chi connectivity index (χ1v) is 14.6. The van der Waals surface area contributed by atoms with Crippen molar-refractivity contribution in [3.05, 3.63) is 83.0 Å². The van der Waals surface area contributed by atoms with Crippen LogP contribution in [-0.2, 0) is 24.1 Å². The predicted molar refractivity (Wildman–Crippen MR) is 154 cm³/mol. The molecule has 10 heteroatoms. The molecule has 0 spiro atoms. The van der Waals surface area contributed by atoms with Crippen molar-refractivity contribution in [1.82, 2.24) is 15.3 Å². The van der Waals surface area contributed by atoms with Crippen molar-refractivity contribution in [3.8, 4) is 0 Å². The minimum Gasteiger partial charge on any atom is -0.445 e. The van der Waals surface area contributed by atoms with Crippen molar-refractivity contribution >= 4 is 17.9 Å². The van der Waals surface area contributed by atoms with E-state index < -0.39 is 11.7 Å². The number of benzene rings is 2. The number of aromatic nitrogens is 2. The van der Waals surface area contributed by atoms with Gasteiger partial charge in [0.25, 0.3) is 0 Å². The second kappa shape index (κ2) is 11.5. The largest absolute Gasteiger partial charge is 0.445 e. The quantitative estimate of drug-likeness (QED) is 0.254. The number of hydrogen-bond donors (Lipinski definition) is 3. The van der Waals surface area contributed by atoms with Crippen molar-refractivity contribution in [3.63, 3.8) is 0 Å². The molecule has 0 radical (unpaired) electrons. The van der Waals surface area contributed by atoms with Crippen LogP contribution in [0.15, 0.2) is 60.8 Å².